The lowest BCUT2D eigenvalue weighted by molar-refractivity contribution is -0.149. The van der Waals surface area contributed by atoms with Gasteiger partial charge in [-0.2, -0.15) is 0 Å². The average molecular weight is 374 g/mol. The van der Waals surface area contributed by atoms with Crippen LogP contribution in [0.5, 0.6) is 5.75 Å². The van der Waals surface area contributed by atoms with Crippen molar-refractivity contribution in [1.29, 1.82) is 0 Å². The highest BCUT2D eigenvalue weighted by Gasteiger charge is 2.13. The normalized spacial score (nSPS) is 12.4. The fourth-order valence-corrected chi connectivity index (χ4v) is 3.06. The summed E-state index contributed by atoms with van der Waals surface area (Å²) in [7, 11) is 0. The number of halogens is 1. The lowest BCUT2D eigenvalue weighted by Gasteiger charge is -2.10. The van der Waals surface area contributed by atoms with Crippen LogP contribution >= 0.6 is 11.6 Å². The van der Waals surface area contributed by atoms with E-state index in [0.717, 1.165) is 30.5 Å². The molecule has 0 saturated carbocycles. The van der Waals surface area contributed by atoms with E-state index in [4.69, 9.17) is 21.1 Å². The predicted octanol–water partition coefficient (Wildman–Crippen LogP) is 3.70. The van der Waals surface area contributed by atoms with Crippen LogP contribution in [0.4, 0.5) is 5.69 Å². The minimum absolute atomic E-state index is 0.310. The second kappa shape index (κ2) is 8.23. The summed E-state index contributed by atoms with van der Waals surface area (Å²) in [5.41, 5.74) is 4.28. The van der Waals surface area contributed by atoms with Gasteiger partial charge in [-0.3, -0.25) is 4.79 Å². The van der Waals surface area contributed by atoms with Crippen molar-refractivity contribution in [3.05, 3.63) is 58.1 Å². The third kappa shape index (κ3) is 4.76. The molecule has 0 unspecified atom stereocenters. The van der Waals surface area contributed by atoms with Crippen molar-refractivity contribution in [3.63, 3.8) is 0 Å². The van der Waals surface area contributed by atoms with E-state index in [9.17, 15) is 9.59 Å². The smallest absolute Gasteiger partial charge is 0.344 e. The molecule has 0 bridgehead atoms. The molecule has 1 aliphatic carbocycles. The molecule has 3 rings (SSSR count). The van der Waals surface area contributed by atoms with Gasteiger partial charge in [-0.1, -0.05) is 23.7 Å². The molecule has 136 valence electrons. The topological polar surface area (TPSA) is 64.6 Å². The maximum Gasteiger partial charge on any atom is 0.344 e. The van der Waals surface area contributed by atoms with E-state index in [0.29, 0.717) is 10.8 Å². The first kappa shape index (κ1) is 18.3. The average Bonchev–Trinajstić information content (AvgIpc) is 3.08. The van der Waals surface area contributed by atoms with Gasteiger partial charge in [0, 0.05) is 5.69 Å². The molecule has 26 heavy (non-hydrogen) atoms. The van der Waals surface area contributed by atoms with Crippen LogP contribution in [0.2, 0.25) is 5.02 Å². The maximum atomic E-state index is 11.9. The van der Waals surface area contributed by atoms with Gasteiger partial charge < -0.3 is 14.8 Å². The fraction of sp³-hybridized carbons (Fsp3) is 0.300. The van der Waals surface area contributed by atoms with Crippen molar-refractivity contribution in [2.75, 3.05) is 18.5 Å². The maximum absolute atomic E-state index is 11.9. The first-order chi connectivity index (χ1) is 12.5. The van der Waals surface area contributed by atoms with Crippen molar-refractivity contribution >= 4 is 29.2 Å². The van der Waals surface area contributed by atoms with Gasteiger partial charge in [0.2, 0.25) is 0 Å². The molecule has 1 amide bonds. The van der Waals surface area contributed by atoms with Gasteiger partial charge in [0.25, 0.3) is 5.91 Å². The molecule has 0 fully saturated rings. The molecule has 0 aliphatic heterocycles. The summed E-state index contributed by atoms with van der Waals surface area (Å²) in [6, 6.07) is 11.1. The van der Waals surface area contributed by atoms with E-state index in [1.807, 2.05) is 31.2 Å². The summed E-state index contributed by atoms with van der Waals surface area (Å²) >= 11 is 6.00. The van der Waals surface area contributed by atoms with Crippen molar-refractivity contribution in [2.24, 2.45) is 0 Å². The number of rotatable bonds is 6. The lowest BCUT2D eigenvalue weighted by Crippen LogP contribution is -2.23. The van der Waals surface area contributed by atoms with Crippen LogP contribution in [0.3, 0.4) is 0 Å². The molecule has 0 spiro atoms. The molecule has 2 aromatic rings. The van der Waals surface area contributed by atoms with Gasteiger partial charge in [0.15, 0.2) is 13.2 Å². The van der Waals surface area contributed by atoms with Gasteiger partial charge in [-0.05, 0) is 67.1 Å². The standard InChI is InChI=1S/C20H20ClNO4/c1-13-5-8-17(21)18(9-13)25-12-20(24)26-11-19(23)22-16-7-6-14-3-2-4-15(14)10-16/h5-10H,2-4,11-12H2,1H3,(H,22,23). The third-order valence-electron chi connectivity index (χ3n) is 4.18. The largest absolute Gasteiger partial charge is 0.480 e. The van der Waals surface area contributed by atoms with Crippen LogP contribution in [0, 0.1) is 6.92 Å². The van der Waals surface area contributed by atoms with Crippen LogP contribution < -0.4 is 10.1 Å². The van der Waals surface area contributed by atoms with E-state index >= 15 is 0 Å². The van der Waals surface area contributed by atoms with Crippen molar-refractivity contribution in [2.45, 2.75) is 26.2 Å². The predicted molar refractivity (Wildman–Crippen MR) is 99.7 cm³/mol. The first-order valence-corrected chi connectivity index (χ1v) is 8.85. The summed E-state index contributed by atoms with van der Waals surface area (Å²) in [5, 5.41) is 3.15. The van der Waals surface area contributed by atoms with Crippen molar-refractivity contribution in [1.82, 2.24) is 0 Å². The van der Waals surface area contributed by atoms with E-state index in [1.165, 1.54) is 11.1 Å². The van der Waals surface area contributed by atoms with Crippen molar-refractivity contribution in [3.8, 4) is 5.75 Å². The van der Waals surface area contributed by atoms with Crippen LogP contribution in [-0.2, 0) is 27.2 Å². The Kier molecular flexibility index (Phi) is 5.78. The molecule has 1 N–H and O–H groups in total. The van der Waals surface area contributed by atoms with E-state index in [2.05, 4.69) is 5.32 Å². The van der Waals surface area contributed by atoms with Gasteiger partial charge >= 0.3 is 5.97 Å². The number of anilines is 1. The lowest BCUT2D eigenvalue weighted by atomic mass is 10.1. The number of hydrogen-bond donors (Lipinski definition) is 1. The number of ether oxygens (including phenoxy) is 2. The highest BCUT2D eigenvalue weighted by molar-refractivity contribution is 6.32. The number of aryl methyl sites for hydroxylation is 3. The van der Waals surface area contributed by atoms with Crippen LogP contribution in [-0.4, -0.2) is 25.1 Å². The monoisotopic (exact) mass is 373 g/mol. The molecule has 2 aromatic carbocycles. The van der Waals surface area contributed by atoms with Gasteiger partial charge in [0.1, 0.15) is 5.75 Å². The zero-order valence-electron chi connectivity index (χ0n) is 14.5. The Labute approximate surface area is 157 Å². The number of carbonyl (C=O) groups is 2. The van der Waals surface area contributed by atoms with E-state index in [1.54, 1.807) is 12.1 Å². The van der Waals surface area contributed by atoms with E-state index in [-0.39, 0.29) is 19.1 Å². The summed E-state index contributed by atoms with van der Waals surface area (Å²) in [6.07, 6.45) is 3.27. The minimum Gasteiger partial charge on any atom is -0.480 e. The highest BCUT2D eigenvalue weighted by Crippen LogP contribution is 2.26. The summed E-state index contributed by atoms with van der Waals surface area (Å²) in [4.78, 5) is 23.7. The van der Waals surface area contributed by atoms with Crippen molar-refractivity contribution < 1.29 is 19.1 Å². The zero-order valence-corrected chi connectivity index (χ0v) is 15.3. The number of esters is 1. The number of hydrogen-bond acceptors (Lipinski definition) is 4. The van der Waals surface area contributed by atoms with E-state index < -0.39 is 5.97 Å². The fourth-order valence-electron chi connectivity index (χ4n) is 2.89. The second-order valence-electron chi connectivity index (χ2n) is 6.27. The van der Waals surface area contributed by atoms with Crippen LogP contribution in [0.15, 0.2) is 36.4 Å². The van der Waals surface area contributed by atoms with Gasteiger partial charge in [-0.15, -0.1) is 0 Å². The number of benzene rings is 2. The summed E-state index contributed by atoms with van der Waals surface area (Å²) in [6.45, 7) is 1.22. The molecule has 0 heterocycles. The molecular formula is C20H20ClNO4. The van der Waals surface area contributed by atoms with Gasteiger partial charge in [0.05, 0.1) is 5.02 Å². The summed E-state index contributed by atoms with van der Waals surface area (Å²) < 4.78 is 10.3. The summed E-state index contributed by atoms with van der Waals surface area (Å²) in [5.74, 6) is -0.609. The number of fused-ring (bicyclic) bond motifs is 1. The van der Waals surface area contributed by atoms with Crippen LogP contribution in [0.25, 0.3) is 0 Å². The molecule has 6 heteroatoms. The molecule has 0 saturated heterocycles. The molecule has 1 aliphatic rings. The Morgan fingerprint density at radius 1 is 1.08 bits per heavy atom. The Bertz CT molecular complexity index is 835. The zero-order chi connectivity index (χ0) is 18.5. The quantitative estimate of drug-likeness (QED) is 0.784. The number of carbonyl (C=O) groups excluding carboxylic acids is 2. The minimum atomic E-state index is -0.633. The molecule has 0 atom stereocenters. The molecular weight excluding hydrogens is 354 g/mol. The Balaban J connectivity index is 1.44. The third-order valence-corrected chi connectivity index (χ3v) is 4.49. The second-order valence-corrected chi connectivity index (χ2v) is 6.68. The Morgan fingerprint density at radius 3 is 2.73 bits per heavy atom. The Hall–Kier alpha value is -2.53. The first-order valence-electron chi connectivity index (χ1n) is 8.47. The SMILES string of the molecule is Cc1ccc(Cl)c(OCC(=O)OCC(=O)Nc2ccc3c(c2)CCC3)c1. The van der Waals surface area contributed by atoms with Crippen LogP contribution in [0.1, 0.15) is 23.1 Å². The number of amides is 1. The molecule has 0 aromatic heterocycles. The highest BCUT2D eigenvalue weighted by atomic mass is 35.5. The molecule has 5 nitrogen and oxygen atoms in total. The Morgan fingerprint density at radius 2 is 1.88 bits per heavy atom. The molecule has 0 radical (unpaired) electrons. The number of nitrogens with one attached hydrogen (secondary N) is 1. The van der Waals surface area contributed by atoms with Gasteiger partial charge in [-0.25, -0.2) is 4.79 Å².